The number of hydrogen-bond donors (Lipinski definition) is 1. The summed E-state index contributed by atoms with van der Waals surface area (Å²) in [6.07, 6.45) is 0.739. The first-order chi connectivity index (χ1) is 15.5. The number of aromatic nitrogens is 2. The average Bonchev–Trinajstić information content (AvgIpc) is 2.80. The van der Waals surface area contributed by atoms with Crippen LogP contribution < -0.4 is 15.2 Å². The monoisotopic (exact) mass is 450 g/mol. The van der Waals surface area contributed by atoms with Crippen LogP contribution in [0.4, 0.5) is 5.82 Å². The van der Waals surface area contributed by atoms with E-state index in [-0.39, 0.29) is 17.7 Å². The molecule has 4 rings (SSSR count). The molecule has 8 heteroatoms. The van der Waals surface area contributed by atoms with Gasteiger partial charge in [0.05, 0.1) is 26.0 Å². The lowest BCUT2D eigenvalue weighted by Gasteiger charge is -2.38. The lowest BCUT2D eigenvalue weighted by atomic mass is 9.87. The van der Waals surface area contributed by atoms with E-state index in [1.807, 2.05) is 54.3 Å². The van der Waals surface area contributed by atoms with E-state index in [1.165, 1.54) is 11.8 Å². The van der Waals surface area contributed by atoms with E-state index in [0.29, 0.717) is 29.0 Å². The molecule has 7 nitrogen and oxygen atoms in total. The highest BCUT2D eigenvalue weighted by Gasteiger charge is 2.33. The number of benzene rings is 2. The molecule has 0 spiro atoms. The van der Waals surface area contributed by atoms with Gasteiger partial charge in [0.2, 0.25) is 5.91 Å². The molecule has 2 heterocycles. The van der Waals surface area contributed by atoms with Crippen molar-refractivity contribution in [2.75, 3.05) is 32.3 Å². The number of nitrogens with zero attached hydrogens (tertiary/aromatic N) is 3. The third kappa shape index (κ3) is 4.50. The lowest BCUT2D eigenvalue weighted by Crippen LogP contribution is -2.41. The highest BCUT2D eigenvalue weighted by atomic mass is 32.2. The number of methoxy groups -OCH3 is 2. The van der Waals surface area contributed by atoms with Crippen LogP contribution in [0.3, 0.4) is 0 Å². The van der Waals surface area contributed by atoms with Crippen molar-refractivity contribution < 1.29 is 14.3 Å². The van der Waals surface area contributed by atoms with E-state index in [1.54, 1.807) is 20.3 Å². The quantitative estimate of drug-likeness (QED) is 0.453. The Labute approximate surface area is 192 Å². The second kappa shape index (κ2) is 9.48. The van der Waals surface area contributed by atoms with Gasteiger partial charge in [-0.3, -0.25) is 4.79 Å². The van der Waals surface area contributed by atoms with Gasteiger partial charge in [-0.05, 0) is 42.2 Å². The fraction of sp³-hybridized carbons (Fsp3) is 0.292. The van der Waals surface area contributed by atoms with Crippen molar-refractivity contribution in [2.24, 2.45) is 0 Å². The van der Waals surface area contributed by atoms with Gasteiger partial charge in [-0.1, -0.05) is 42.1 Å². The summed E-state index contributed by atoms with van der Waals surface area (Å²) in [4.78, 5) is 23.9. The van der Waals surface area contributed by atoms with E-state index >= 15 is 0 Å². The molecule has 166 valence electrons. The van der Waals surface area contributed by atoms with Gasteiger partial charge in [0.15, 0.2) is 16.7 Å². The van der Waals surface area contributed by atoms with Crippen molar-refractivity contribution in [1.82, 2.24) is 14.9 Å². The van der Waals surface area contributed by atoms with Gasteiger partial charge in [-0.25, -0.2) is 9.97 Å². The van der Waals surface area contributed by atoms with Crippen LogP contribution in [-0.2, 0) is 11.2 Å². The molecule has 0 fully saturated rings. The van der Waals surface area contributed by atoms with Gasteiger partial charge in [0.25, 0.3) is 0 Å². The first-order valence-electron chi connectivity index (χ1n) is 10.3. The summed E-state index contributed by atoms with van der Waals surface area (Å²) in [6.45, 7) is 2.47. The minimum atomic E-state index is -0.212. The molecule has 1 amide bonds. The number of carbonyl (C=O) groups is 1. The predicted octanol–water partition coefficient (Wildman–Crippen LogP) is 3.65. The maximum atomic E-state index is 13.4. The Balaban J connectivity index is 1.66. The van der Waals surface area contributed by atoms with Gasteiger partial charge >= 0.3 is 0 Å². The van der Waals surface area contributed by atoms with Crippen LogP contribution in [0.1, 0.15) is 28.4 Å². The zero-order chi connectivity index (χ0) is 22.7. The van der Waals surface area contributed by atoms with Crippen molar-refractivity contribution in [3.8, 4) is 11.5 Å². The summed E-state index contributed by atoms with van der Waals surface area (Å²) >= 11 is 1.30. The van der Waals surface area contributed by atoms with Crippen LogP contribution >= 0.6 is 11.8 Å². The normalized spacial score (nSPS) is 15.2. The molecule has 1 aliphatic rings. The smallest absolute Gasteiger partial charge is 0.233 e. The molecular formula is C24H26N4O3S. The van der Waals surface area contributed by atoms with Crippen molar-refractivity contribution in [2.45, 2.75) is 24.5 Å². The minimum absolute atomic E-state index is 0.0213. The van der Waals surface area contributed by atoms with Crippen LogP contribution in [-0.4, -0.2) is 47.3 Å². The number of thioether (sulfide) groups is 1. The van der Waals surface area contributed by atoms with Crippen LogP contribution in [0.25, 0.3) is 0 Å². The molecule has 1 aliphatic heterocycles. The molecule has 0 bridgehead atoms. The van der Waals surface area contributed by atoms with E-state index in [0.717, 1.165) is 28.8 Å². The Bertz CT molecular complexity index is 1100. The Morgan fingerprint density at radius 2 is 1.84 bits per heavy atom. The molecule has 32 heavy (non-hydrogen) atoms. The van der Waals surface area contributed by atoms with Gasteiger partial charge in [0.1, 0.15) is 5.82 Å². The number of carbonyl (C=O) groups excluding carboxylic acids is 1. The fourth-order valence-electron chi connectivity index (χ4n) is 4.05. The zero-order valence-electron chi connectivity index (χ0n) is 18.4. The van der Waals surface area contributed by atoms with Gasteiger partial charge < -0.3 is 20.1 Å². The maximum absolute atomic E-state index is 13.4. The van der Waals surface area contributed by atoms with Crippen LogP contribution in [0, 0.1) is 6.92 Å². The van der Waals surface area contributed by atoms with Crippen LogP contribution in [0.5, 0.6) is 11.5 Å². The van der Waals surface area contributed by atoms with E-state index in [2.05, 4.69) is 9.97 Å². The molecular weight excluding hydrogens is 424 g/mol. The highest BCUT2D eigenvalue weighted by Crippen LogP contribution is 2.41. The summed E-state index contributed by atoms with van der Waals surface area (Å²) < 4.78 is 11.0. The Kier molecular flexibility index (Phi) is 6.50. The molecule has 0 saturated heterocycles. The van der Waals surface area contributed by atoms with E-state index in [4.69, 9.17) is 15.2 Å². The summed E-state index contributed by atoms with van der Waals surface area (Å²) in [6, 6.07) is 15.6. The van der Waals surface area contributed by atoms with Gasteiger partial charge in [0, 0.05) is 18.3 Å². The molecule has 0 radical (unpaired) electrons. The van der Waals surface area contributed by atoms with Gasteiger partial charge in [-0.15, -0.1) is 0 Å². The predicted molar refractivity (Wildman–Crippen MR) is 125 cm³/mol. The number of fused-ring (bicyclic) bond motifs is 1. The highest BCUT2D eigenvalue weighted by molar-refractivity contribution is 7.99. The fourth-order valence-corrected chi connectivity index (χ4v) is 4.84. The molecule has 0 saturated carbocycles. The van der Waals surface area contributed by atoms with E-state index < -0.39 is 0 Å². The number of anilines is 1. The Morgan fingerprint density at radius 3 is 2.53 bits per heavy atom. The number of aryl methyl sites for hydroxylation is 1. The third-order valence-corrected chi connectivity index (χ3v) is 6.32. The summed E-state index contributed by atoms with van der Waals surface area (Å²) in [5.41, 5.74) is 9.87. The second-order valence-electron chi connectivity index (χ2n) is 7.56. The third-order valence-electron chi connectivity index (χ3n) is 5.49. The SMILES string of the molecule is COc1cc2c(cc1OC)C(c1ccccc1)N(C(=O)CSc1nc(C)cc(N)n1)CC2. The first kappa shape index (κ1) is 22.0. The topological polar surface area (TPSA) is 90.6 Å². The number of nitrogens with two attached hydrogens (primary N) is 1. The largest absolute Gasteiger partial charge is 0.493 e. The minimum Gasteiger partial charge on any atom is -0.493 e. The van der Waals surface area contributed by atoms with Crippen molar-refractivity contribution in [3.63, 3.8) is 0 Å². The zero-order valence-corrected chi connectivity index (χ0v) is 19.2. The number of rotatable bonds is 6. The second-order valence-corrected chi connectivity index (χ2v) is 8.50. The molecule has 1 aromatic heterocycles. The van der Waals surface area contributed by atoms with Crippen molar-refractivity contribution in [1.29, 1.82) is 0 Å². The van der Waals surface area contributed by atoms with Crippen molar-refractivity contribution in [3.05, 3.63) is 70.9 Å². The Hall–Kier alpha value is -3.26. The summed E-state index contributed by atoms with van der Waals surface area (Å²) in [5.74, 6) is 2.01. The molecule has 3 aromatic rings. The summed E-state index contributed by atoms with van der Waals surface area (Å²) in [5, 5.41) is 0.510. The van der Waals surface area contributed by atoms with Crippen LogP contribution in [0.2, 0.25) is 0 Å². The Morgan fingerprint density at radius 1 is 1.12 bits per heavy atom. The number of hydrogen-bond acceptors (Lipinski definition) is 7. The molecule has 2 aromatic carbocycles. The molecule has 0 aliphatic carbocycles. The number of ether oxygens (including phenoxy) is 2. The van der Waals surface area contributed by atoms with Crippen LogP contribution in [0.15, 0.2) is 53.7 Å². The molecule has 2 N–H and O–H groups in total. The number of nitrogen functional groups attached to an aromatic ring is 1. The standard InChI is InChI=1S/C24H26N4O3S/c1-15-11-21(25)27-24(26-15)32-14-22(29)28-10-9-17-12-19(30-2)20(31-3)13-18(17)23(28)16-7-5-4-6-8-16/h4-8,11-13,23H,9-10,14H2,1-3H3,(H2,25,26,27). The summed E-state index contributed by atoms with van der Waals surface area (Å²) in [7, 11) is 3.26. The number of amides is 1. The molecule has 1 atom stereocenters. The average molecular weight is 451 g/mol. The first-order valence-corrected chi connectivity index (χ1v) is 11.3. The lowest BCUT2D eigenvalue weighted by molar-refractivity contribution is -0.130. The maximum Gasteiger partial charge on any atom is 0.233 e. The van der Waals surface area contributed by atoms with Crippen molar-refractivity contribution >= 4 is 23.5 Å². The van der Waals surface area contributed by atoms with E-state index in [9.17, 15) is 4.79 Å². The molecule has 1 unspecified atom stereocenters. The van der Waals surface area contributed by atoms with Gasteiger partial charge in [-0.2, -0.15) is 0 Å².